The Morgan fingerprint density at radius 1 is 1.10 bits per heavy atom. The predicted molar refractivity (Wildman–Crippen MR) is 122 cm³/mol. The Morgan fingerprint density at radius 2 is 1.80 bits per heavy atom. The number of nitrogens with one attached hydrogen (secondary N) is 1. The van der Waals surface area contributed by atoms with Crippen LogP contribution in [-0.4, -0.2) is 62.4 Å². The second-order valence-electron chi connectivity index (χ2n) is 7.50. The van der Waals surface area contributed by atoms with Crippen molar-refractivity contribution in [2.75, 3.05) is 55.9 Å². The lowest BCUT2D eigenvalue weighted by Gasteiger charge is -2.28. The highest BCUT2D eigenvalue weighted by atomic mass is 32.2. The highest BCUT2D eigenvalue weighted by molar-refractivity contribution is 8.00. The number of carbonyl (C=O) groups is 2. The summed E-state index contributed by atoms with van der Waals surface area (Å²) in [7, 11) is 1.66. The molecule has 7 heteroatoms. The number of nitrogens with zero attached hydrogens (tertiary/aromatic N) is 2. The molecule has 3 rings (SSSR count). The third-order valence-corrected chi connectivity index (χ3v) is 6.18. The summed E-state index contributed by atoms with van der Waals surface area (Å²) >= 11 is 1.50. The van der Waals surface area contributed by atoms with Crippen molar-refractivity contribution in [2.24, 2.45) is 0 Å². The van der Waals surface area contributed by atoms with Crippen molar-refractivity contribution in [3.05, 3.63) is 53.6 Å². The number of carbonyl (C=O) groups excluding carboxylic acids is 2. The lowest BCUT2D eigenvalue weighted by Crippen LogP contribution is -2.36. The van der Waals surface area contributed by atoms with Crippen LogP contribution in [0.15, 0.2) is 47.4 Å². The number of aryl methyl sites for hydroxylation is 2. The first-order valence-corrected chi connectivity index (χ1v) is 11.1. The number of benzene rings is 2. The summed E-state index contributed by atoms with van der Waals surface area (Å²) in [4.78, 5) is 29.6. The molecule has 1 fully saturated rings. The van der Waals surface area contributed by atoms with E-state index in [1.807, 2.05) is 43.3 Å². The van der Waals surface area contributed by atoms with Crippen molar-refractivity contribution >= 4 is 35.0 Å². The smallest absolute Gasteiger partial charge is 0.243 e. The van der Waals surface area contributed by atoms with Gasteiger partial charge in [0.15, 0.2) is 0 Å². The van der Waals surface area contributed by atoms with Crippen LogP contribution in [0.1, 0.15) is 11.1 Å². The number of hydrogen-bond donors (Lipinski definition) is 1. The van der Waals surface area contributed by atoms with Crippen LogP contribution in [0.3, 0.4) is 0 Å². The van der Waals surface area contributed by atoms with Gasteiger partial charge in [0, 0.05) is 36.4 Å². The molecule has 0 bridgehead atoms. The first kappa shape index (κ1) is 22.2. The molecule has 0 saturated carbocycles. The highest BCUT2D eigenvalue weighted by Gasteiger charge is 2.15. The molecule has 2 amide bonds. The van der Waals surface area contributed by atoms with E-state index in [1.54, 1.807) is 7.05 Å². The second-order valence-corrected chi connectivity index (χ2v) is 8.52. The van der Waals surface area contributed by atoms with E-state index in [2.05, 4.69) is 23.2 Å². The largest absolute Gasteiger partial charge is 0.378 e. The van der Waals surface area contributed by atoms with Crippen molar-refractivity contribution in [3.8, 4) is 0 Å². The highest BCUT2D eigenvalue weighted by Crippen LogP contribution is 2.23. The topological polar surface area (TPSA) is 61.9 Å². The van der Waals surface area contributed by atoms with Gasteiger partial charge < -0.3 is 19.9 Å². The van der Waals surface area contributed by atoms with Gasteiger partial charge in [0.1, 0.15) is 0 Å². The van der Waals surface area contributed by atoms with Gasteiger partial charge in [-0.15, -0.1) is 11.8 Å². The summed E-state index contributed by atoms with van der Waals surface area (Å²) in [6.45, 7) is 7.34. The molecule has 0 spiro atoms. The van der Waals surface area contributed by atoms with E-state index in [0.29, 0.717) is 5.75 Å². The molecule has 1 aliphatic rings. The molecule has 1 saturated heterocycles. The number of thioether (sulfide) groups is 1. The van der Waals surface area contributed by atoms with Crippen LogP contribution in [0.2, 0.25) is 0 Å². The average Bonchev–Trinajstić information content (AvgIpc) is 2.74. The van der Waals surface area contributed by atoms with E-state index >= 15 is 0 Å². The van der Waals surface area contributed by atoms with Gasteiger partial charge >= 0.3 is 0 Å². The fourth-order valence-corrected chi connectivity index (χ4v) is 4.24. The number of morpholine rings is 1. The minimum absolute atomic E-state index is 0.0253. The Bertz CT molecular complexity index is 880. The number of likely N-dealkylation sites (N-methyl/N-ethyl adjacent to an activating group) is 1. The monoisotopic (exact) mass is 427 g/mol. The molecule has 0 radical (unpaired) electrons. The van der Waals surface area contributed by atoms with Gasteiger partial charge in [-0.25, -0.2) is 0 Å². The lowest BCUT2D eigenvalue weighted by atomic mass is 10.2. The normalized spacial score (nSPS) is 13.8. The SMILES string of the molecule is Cc1ccc(SCC(=O)N(C)CC(=O)Nc2ccc(N3CCOCC3)cc2)c(C)c1. The molecule has 1 heterocycles. The van der Waals surface area contributed by atoms with Gasteiger partial charge in [0.25, 0.3) is 0 Å². The molecule has 160 valence electrons. The minimum atomic E-state index is -0.207. The van der Waals surface area contributed by atoms with Gasteiger partial charge in [-0.1, -0.05) is 17.7 Å². The van der Waals surface area contributed by atoms with E-state index < -0.39 is 0 Å². The van der Waals surface area contributed by atoms with Crippen LogP contribution in [0.25, 0.3) is 0 Å². The first-order valence-electron chi connectivity index (χ1n) is 10.1. The maximum absolute atomic E-state index is 12.4. The van der Waals surface area contributed by atoms with Crippen molar-refractivity contribution in [1.29, 1.82) is 0 Å². The Hall–Kier alpha value is -2.51. The molecule has 2 aromatic carbocycles. The third kappa shape index (κ3) is 6.24. The fourth-order valence-electron chi connectivity index (χ4n) is 3.29. The number of hydrogen-bond acceptors (Lipinski definition) is 5. The molecule has 6 nitrogen and oxygen atoms in total. The Balaban J connectivity index is 1.45. The maximum atomic E-state index is 12.4. The number of anilines is 2. The summed E-state index contributed by atoms with van der Waals surface area (Å²) < 4.78 is 5.37. The molecule has 0 unspecified atom stereocenters. The Kier molecular flexibility index (Phi) is 7.76. The van der Waals surface area contributed by atoms with E-state index in [9.17, 15) is 9.59 Å². The molecule has 0 aliphatic carbocycles. The number of ether oxygens (including phenoxy) is 1. The van der Waals surface area contributed by atoms with E-state index in [1.165, 1.54) is 22.2 Å². The maximum Gasteiger partial charge on any atom is 0.243 e. The van der Waals surface area contributed by atoms with Gasteiger partial charge in [-0.2, -0.15) is 0 Å². The standard InChI is InChI=1S/C23H29N3O3S/c1-17-4-9-21(18(2)14-17)30-16-23(28)25(3)15-22(27)24-19-5-7-20(8-6-19)26-10-12-29-13-11-26/h4-9,14H,10-13,15-16H2,1-3H3,(H,24,27). The second kappa shape index (κ2) is 10.5. The van der Waals surface area contributed by atoms with Gasteiger partial charge in [0.05, 0.1) is 25.5 Å². The van der Waals surface area contributed by atoms with Crippen molar-refractivity contribution in [3.63, 3.8) is 0 Å². The molecule has 0 atom stereocenters. The zero-order chi connectivity index (χ0) is 21.5. The van der Waals surface area contributed by atoms with Gasteiger partial charge in [-0.3, -0.25) is 9.59 Å². The van der Waals surface area contributed by atoms with Gasteiger partial charge in [-0.05, 0) is 49.7 Å². The molecular formula is C23H29N3O3S. The zero-order valence-corrected chi connectivity index (χ0v) is 18.6. The van der Waals surface area contributed by atoms with Crippen LogP contribution < -0.4 is 10.2 Å². The first-order chi connectivity index (χ1) is 14.4. The molecule has 0 aromatic heterocycles. The van der Waals surface area contributed by atoms with Crippen molar-refractivity contribution in [1.82, 2.24) is 4.90 Å². The van der Waals surface area contributed by atoms with E-state index in [0.717, 1.165) is 48.1 Å². The summed E-state index contributed by atoms with van der Waals surface area (Å²) in [6, 6.07) is 14.0. The summed E-state index contributed by atoms with van der Waals surface area (Å²) in [5.74, 6) is 0.0290. The van der Waals surface area contributed by atoms with Crippen LogP contribution in [0, 0.1) is 13.8 Å². The molecular weight excluding hydrogens is 398 g/mol. The minimum Gasteiger partial charge on any atom is -0.378 e. The predicted octanol–water partition coefficient (Wildman–Crippen LogP) is 3.33. The summed E-state index contributed by atoms with van der Waals surface area (Å²) in [5.41, 5.74) is 4.21. The molecule has 2 aromatic rings. The van der Waals surface area contributed by atoms with Crippen molar-refractivity contribution < 1.29 is 14.3 Å². The third-order valence-electron chi connectivity index (χ3n) is 5.02. The number of rotatable bonds is 7. The Labute approximate surface area is 182 Å². The van der Waals surface area contributed by atoms with Crippen LogP contribution >= 0.6 is 11.8 Å². The lowest BCUT2D eigenvalue weighted by molar-refractivity contribution is -0.131. The molecule has 1 N–H and O–H groups in total. The van der Waals surface area contributed by atoms with E-state index in [4.69, 9.17) is 4.74 Å². The van der Waals surface area contributed by atoms with Gasteiger partial charge in [0.2, 0.25) is 11.8 Å². The molecule has 30 heavy (non-hydrogen) atoms. The van der Waals surface area contributed by atoms with Crippen LogP contribution in [-0.2, 0) is 14.3 Å². The zero-order valence-electron chi connectivity index (χ0n) is 17.8. The average molecular weight is 428 g/mol. The van der Waals surface area contributed by atoms with Crippen LogP contribution in [0.5, 0.6) is 0 Å². The Morgan fingerprint density at radius 3 is 2.47 bits per heavy atom. The number of amides is 2. The summed E-state index contributed by atoms with van der Waals surface area (Å²) in [6.07, 6.45) is 0. The summed E-state index contributed by atoms with van der Waals surface area (Å²) in [5, 5.41) is 2.86. The van der Waals surface area contributed by atoms with E-state index in [-0.39, 0.29) is 18.4 Å². The molecule has 1 aliphatic heterocycles. The fraction of sp³-hybridized carbons (Fsp3) is 0.391. The van der Waals surface area contributed by atoms with Crippen LogP contribution in [0.4, 0.5) is 11.4 Å². The van der Waals surface area contributed by atoms with Crippen molar-refractivity contribution in [2.45, 2.75) is 18.7 Å². The quantitative estimate of drug-likeness (QED) is 0.687.